The molecule has 116 valence electrons. The highest BCUT2D eigenvalue weighted by molar-refractivity contribution is 5.89. The second kappa shape index (κ2) is 6.57. The van der Waals surface area contributed by atoms with Crippen molar-refractivity contribution in [1.29, 1.82) is 0 Å². The van der Waals surface area contributed by atoms with Crippen molar-refractivity contribution in [1.82, 2.24) is 19.9 Å². The smallest absolute Gasteiger partial charge is 0.322 e. The molecule has 7 heteroatoms. The summed E-state index contributed by atoms with van der Waals surface area (Å²) in [6.45, 7) is 2.44. The Labute approximate surface area is 128 Å². The van der Waals surface area contributed by atoms with Crippen molar-refractivity contribution in [2.24, 2.45) is 0 Å². The van der Waals surface area contributed by atoms with Gasteiger partial charge in [-0.25, -0.2) is 9.48 Å². The first-order valence-corrected chi connectivity index (χ1v) is 7.29. The van der Waals surface area contributed by atoms with E-state index in [0.29, 0.717) is 26.2 Å². The summed E-state index contributed by atoms with van der Waals surface area (Å²) in [4.78, 5) is 14.1. The average Bonchev–Trinajstić information content (AvgIpc) is 2.96. The highest BCUT2D eigenvalue weighted by Crippen LogP contribution is 2.17. The number of carbonyl (C=O) groups excluding carboxylic acids is 1. The topological polar surface area (TPSA) is 72.3 Å². The largest absolute Gasteiger partial charge is 0.383 e. The lowest BCUT2D eigenvalue weighted by molar-refractivity contribution is 0.180. The Morgan fingerprint density at radius 1 is 1.36 bits per heavy atom. The van der Waals surface area contributed by atoms with E-state index in [9.17, 15) is 4.79 Å². The van der Waals surface area contributed by atoms with Crippen LogP contribution < -0.4 is 5.32 Å². The second-order valence-corrected chi connectivity index (χ2v) is 5.17. The van der Waals surface area contributed by atoms with Crippen LogP contribution in [-0.2, 0) is 24.2 Å². The van der Waals surface area contributed by atoms with Crippen LogP contribution in [0.1, 0.15) is 11.4 Å². The molecule has 7 nitrogen and oxygen atoms in total. The molecule has 0 bridgehead atoms. The van der Waals surface area contributed by atoms with E-state index in [1.165, 1.54) is 0 Å². The third-order valence-electron chi connectivity index (χ3n) is 3.70. The molecule has 1 aliphatic heterocycles. The Kier molecular flexibility index (Phi) is 4.34. The molecule has 0 saturated carbocycles. The number of hydrogen-bond donors (Lipinski definition) is 1. The van der Waals surface area contributed by atoms with E-state index in [4.69, 9.17) is 4.74 Å². The fourth-order valence-electron chi connectivity index (χ4n) is 2.52. The maximum Gasteiger partial charge on any atom is 0.322 e. The van der Waals surface area contributed by atoms with Gasteiger partial charge in [0, 0.05) is 25.8 Å². The number of methoxy groups -OCH3 is 1. The lowest BCUT2D eigenvalue weighted by Gasteiger charge is -2.26. The van der Waals surface area contributed by atoms with E-state index in [1.54, 1.807) is 12.0 Å². The number of para-hydroxylation sites is 1. The van der Waals surface area contributed by atoms with E-state index in [-0.39, 0.29) is 6.03 Å². The molecule has 0 saturated heterocycles. The number of rotatable bonds is 4. The third-order valence-corrected chi connectivity index (χ3v) is 3.70. The number of aromatic nitrogens is 3. The van der Waals surface area contributed by atoms with Crippen molar-refractivity contribution in [3.8, 4) is 0 Å². The number of amides is 2. The van der Waals surface area contributed by atoms with Crippen LogP contribution in [0.2, 0.25) is 0 Å². The SMILES string of the molecule is COCCn1nnc2c1CCN(C(=O)Nc1ccccc1)C2. The van der Waals surface area contributed by atoms with E-state index in [0.717, 1.165) is 23.5 Å². The second-order valence-electron chi connectivity index (χ2n) is 5.17. The molecular weight excluding hydrogens is 282 g/mol. The minimum absolute atomic E-state index is 0.108. The number of hydrogen-bond acceptors (Lipinski definition) is 4. The molecule has 0 radical (unpaired) electrons. The zero-order valence-corrected chi connectivity index (χ0v) is 12.5. The predicted octanol–water partition coefficient (Wildman–Crippen LogP) is 1.51. The Hall–Kier alpha value is -2.41. The highest BCUT2D eigenvalue weighted by atomic mass is 16.5. The van der Waals surface area contributed by atoms with Crippen molar-refractivity contribution >= 4 is 11.7 Å². The highest BCUT2D eigenvalue weighted by Gasteiger charge is 2.25. The van der Waals surface area contributed by atoms with Crippen LogP contribution in [0.3, 0.4) is 0 Å². The molecular formula is C15H19N5O2. The van der Waals surface area contributed by atoms with Crippen molar-refractivity contribution in [2.45, 2.75) is 19.5 Å². The van der Waals surface area contributed by atoms with Gasteiger partial charge in [0.2, 0.25) is 0 Å². The van der Waals surface area contributed by atoms with Crippen molar-refractivity contribution < 1.29 is 9.53 Å². The zero-order chi connectivity index (χ0) is 15.4. The monoisotopic (exact) mass is 301 g/mol. The van der Waals surface area contributed by atoms with Crippen LogP contribution in [-0.4, -0.2) is 46.2 Å². The van der Waals surface area contributed by atoms with Crippen molar-refractivity contribution in [2.75, 3.05) is 25.6 Å². The molecule has 0 aliphatic carbocycles. The molecule has 1 aromatic heterocycles. The first-order valence-electron chi connectivity index (χ1n) is 7.29. The summed E-state index contributed by atoms with van der Waals surface area (Å²) < 4.78 is 6.94. The van der Waals surface area contributed by atoms with Gasteiger partial charge in [0.05, 0.1) is 25.4 Å². The standard InChI is InChI=1S/C15H19N5O2/c1-22-10-9-20-14-7-8-19(11-13(14)17-18-20)15(21)16-12-5-3-2-4-6-12/h2-6H,7-11H2,1H3,(H,16,21). The number of benzene rings is 1. The fraction of sp³-hybridized carbons (Fsp3) is 0.400. The lowest BCUT2D eigenvalue weighted by Crippen LogP contribution is -2.39. The Balaban J connectivity index is 1.64. The van der Waals surface area contributed by atoms with Crippen LogP contribution in [0.5, 0.6) is 0 Å². The summed E-state index contributed by atoms with van der Waals surface area (Å²) in [5.41, 5.74) is 2.76. The van der Waals surface area contributed by atoms with Gasteiger partial charge in [-0.3, -0.25) is 0 Å². The van der Waals surface area contributed by atoms with Crippen molar-refractivity contribution in [3.63, 3.8) is 0 Å². The first kappa shape index (κ1) is 14.5. The molecule has 3 rings (SSSR count). The van der Waals surface area contributed by atoms with Gasteiger partial charge < -0.3 is 15.0 Å². The first-order chi connectivity index (χ1) is 10.8. The van der Waals surface area contributed by atoms with E-state index in [1.807, 2.05) is 35.0 Å². The fourth-order valence-corrected chi connectivity index (χ4v) is 2.52. The summed E-state index contributed by atoms with van der Waals surface area (Å²) in [7, 11) is 1.67. The minimum atomic E-state index is -0.108. The van der Waals surface area contributed by atoms with Gasteiger partial charge in [-0.1, -0.05) is 23.4 Å². The number of nitrogens with one attached hydrogen (secondary N) is 1. The quantitative estimate of drug-likeness (QED) is 0.929. The van der Waals surface area contributed by atoms with Crippen LogP contribution in [0, 0.1) is 0 Å². The molecule has 2 aromatic rings. The summed E-state index contributed by atoms with van der Waals surface area (Å²) in [6, 6.07) is 9.34. The lowest BCUT2D eigenvalue weighted by atomic mass is 10.1. The maximum atomic E-state index is 12.3. The van der Waals surface area contributed by atoms with Gasteiger partial charge in [-0.05, 0) is 12.1 Å². The predicted molar refractivity (Wildman–Crippen MR) is 81.5 cm³/mol. The van der Waals surface area contributed by atoms with Gasteiger partial charge in [0.1, 0.15) is 5.69 Å². The minimum Gasteiger partial charge on any atom is -0.383 e. The molecule has 0 fully saturated rings. The molecule has 1 N–H and O–H groups in total. The number of carbonyl (C=O) groups is 1. The molecule has 1 aliphatic rings. The number of fused-ring (bicyclic) bond motifs is 1. The van der Waals surface area contributed by atoms with E-state index in [2.05, 4.69) is 15.6 Å². The molecule has 0 atom stereocenters. The number of anilines is 1. The number of nitrogens with zero attached hydrogens (tertiary/aromatic N) is 4. The van der Waals surface area contributed by atoms with Gasteiger partial charge in [0.15, 0.2) is 0 Å². The van der Waals surface area contributed by atoms with Crippen LogP contribution in [0.25, 0.3) is 0 Å². The van der Waals surface area contributed by atoms with Crippen LogP contribution >= 0.6 is 0 Å². The molecule has 0 unspecified atom stereocenters. The van der Waals surface area contributed by atoms with Crippen molar-refractivity contribution in [3.05, 3.63) is 41.7 Å². The molecule has 1 aromatic carbocycles. The van der Waals surface area contributed by atoms with Crippen LogP contribution in [0.15, 0.2) is 30.3 Å². The van der Waals surface area contributed by atoms with Gasteiger partial charge in [0.25, 0.3) is 0 Å². The average molecular weight is 301 g/mol. The Morgan fingerprint density at radius 2 is 2.18 bits per heavy atom. The molecule has 2 heterocycles. The normalized spacial score (nSPS) is 13.8. The summed E-state index contributed by atoms with van der Waals surface area (Å²) in [6.07, 6.45) is 0.758. The van der Waals surface area contributed by atoms with E-state index >= 15 is 0 Å². The van der Waals surface area contributed by atoms with Gasteiger partial charge in [-0.15, -0.1) is 5.10 Å². The summed E-state index contributed by atoms with van der Waals surface area (Å²) in [5.74, 6) is 0. The zero-order valence-electron chi connectivity index (χ0n) is 12.5. The Morgan fingerprint density at radius 3 is 2.95 bits per heavy atom. The number of urea groups is 1. The van der Waals surface area contributed by atoms with Gasteiger partial charge >= 0.3 is 6.03 Å². The number of ether oxygens (including phenoxy) is 1. The molecule has 2 amide bonds. The maximum absolute atomic E-state index is 12.3. The van der Waals surface area contributed by atoms with Crippen LogP contribution in [0.4, 0.5) is 10.5 Å². The molecule has 22 heavy (non-hydrogen) atoms. The summed E-state index contributed by atoms with van der Waals surface area (Å²) in [5, 5.41) is 11.2. The van der Waals surface area contributed by atoms with E-state index < -0.39 is 0 Å². The Bertz CT molecular complexity index is 641. The molecule has 0 spiro atoms. The third kappa shape index (κ3) is 3.09. The summed E-state index contributed by atoms with van der Waals surface area (Å²) >= 11 is 0. The van der Waals surface area contributed by atoms with Gasteiger partial charge in [-0.2, -0.15) is 0 Å².